The van der Waals surface area contributed by atoms with Crippen molar-refractivity contribution in [3.63, 3.8) is 0 Å². The van der Waals surface area contributed by atoms with Crippen LogP contribution in [0.3, 0.4) is 0 Å². The summed E-state index contributed by atoms with van der Waals surface area (Å²) < 4.78 is 69.2. The minimum atomic E-state index is -4.97. The lowest BCUT2D eigenvalue weighted by Gasteiger charge is -2.21. The normalized spacial score (nSPS) is 13.8. The molecule has 0 aromatic rings. The quantitative estimate of drug-likeness (QED) is 0.0222. The zero-order valence-electron chi connectivity index (χ0n) is 76.0. The predicted molar refractivity (Wildman–Crippen MR) is 479 cm³/mol. The van der Waals surface area contributed by atoms with Gasteiger partial charge in [0.15, 0.2) is 12.2 Å². The molecule has 19 heteroatoms. The van der Waals surface area contributed by atoms with Crippen molar-refractivity contribution in [2.75, 3.05) is 39.6 Å². The second-order valence-electron chi connectivity index (χ2n) is 34.7. The number of aliphatic hydroxyl groups is 1. The maximum Gasteiger partial charge on any atom is 0.472 e. The first-order chi connectivity index (χ1) is 56.1. The van der Waals surface area contributed by atoms with Crippen LogP contribution in [0.4, 0.5) is 0 Å². The summed E-state index contributed by atoms with van der Waals surface area (Å²) in [7, 11) is -9.94. The van der Waals surface area contributed by atoms with Crippen LogP contribution in [0.5, 0.6) is 0 Å². The van der Waals surface area contributed by atoms with Gasteiger partial charge in [-0.2, -0.15) is 0 Å². The van der Waals surface area contributed by atoms with Crippen LogP contribution in [0, 0.1) is 5.92 Å². The highest BCUT2D eigenvalue weighted by atomic mass is 31.2. The molecule has 0 aromatic carbocycles. The number of unbranched alkanes of at least 4 members (excludes halogenated alkanes) is 67. The molecule has 0 aliphatic carbocycles. The molecule has 6 atom stereocenters. The lowest BCUT2D eigenvalue weighted by atomic mass is 9.99. The van der Waals surface area contributed by atoms with E-state index in [9.17, 15) is 43.2 Å². The van der Waals surface area contributed by atoms with E-state index >= 15 is 0 Å². The second kappa shape index (κ2) is 88.4. The van der Waals surface area contributed by atoms with E-state index in [-0.39, 0.29) is 25.7 Å². The third-order valence-electron chi connectivity index (χ3n) is 23.1. The molecular formula is C96H188O17P2. The molecule has 0 aliphatic heterocycles. The van der Waals surface area contributed by atoms with Gasteiger partial charge in [0.25, 0.3) is 0 Å². The van der Waals surface area contributed by atoms with Gasteiger partial charge in [-0.05, 0) is 31.6 Å². The van der Waals surface area contributed by atoms with Crippen molar-refractivity contribution >= 4 is 39.5 Å². The van der Waals surface area contributed by atoms with E-state index in [1.165, 1.54) is 353 Å². The molecule has 0 spiro atoms. The fraction of sp³-hybridized carbons (Fsp3) is 0.958. The lowest BCUT2D eigenvalue weighted by Crippen LogP contribution is -2.30. The molecule has 0 amide bonds. The molecule has 684 valence electrons. The molecule has 0 aromatic heterocycles. The number of esters is 4. The zero-order valence-corrected chi connectivity index (χ0v) is 77.7. The van der Waals surface area contributed by atoms with Crippen LogP contribution >= 0.6 is 15.6 Å². The number of phosphoric acid groups is 2. The molecular weight excluding hydrogens is 1490 g/mol. The zero-order chi connectivity index (χ0) is 84.0. The smallest absolute Gasteiger partial charge is 0.462 e. The molecule has 0 saturated carbocycles. The van der Waals surface area contributed by atoms with Crippen LogP contribution in [0.2, 0.25) is 0 Å². The van der Waals surface area contributed by atoms with E-state index in [1.54, 1.807) is 0 Å². The number of phosphoric ester groups is 2. The average molecular weight is 1680 g/mol. The minimum absolute atomic E-state index is 0.110. The van der Waals surface area contributed by atoms with E-state index in [2.05, 4.69) is 34.6 Å². The van der Waals surface area contributed by atoms with Crippen molar-refractivity contribution in [2.45, 2.75) is 547 Å². The van der Waals surface area contributed by atoms with Gasteiger partial charge in [-0.15, -0.1) is 0 Å². The standard InChI is InChI=1S/C96H188O17P2/c1-6-10-13-16-19-22-25-27-29-31-33-35-37-42-46-50-55-60-65-70-75-80-94(99)107-86-92(113-96(101)82-77-72-67-62-57-52-48-44-40-39-41-45-49-54-58-63-68-73-78-89(5)9-4)88-111-115(104,105)109-84-90(97)83-108-114(102,103)110-87-91(85-106-93(98)79-74-69-64-59-53-24-21-18-15-12-8-3)112-95(100)81-76-71-66-61-56-51-47-43-38-36-34-32-30-28-26-23-20-17-14-11-7-2/h89-92,97H,6-88H2,1-5H3,(H,102,103)(H,104,105)/t89?,90-,91+,92+/m0/s1. The van der Waals surface area contributed by atoms with Gasteiger partial charge in [-0.1, -0.05) is 478 Å². The predicted octanol–water partition coefficient (Wildman–Crippen LogP) is 30.3. The molecule has 17 nitrogen and oxygen atoms in total. The summed E-state index contributed by atoms with van der Waals surface area (Å²) in [5.41, 5.74) is 0. The molecule has 0 saturated heterocycles. The van der Waals surface area contributed by atoms with Crippen molar-refractivity contribution in [1.82, 2.24) is 0 Å². The summed E-state index contributed by atoms with van der Waals surface area (Å²) in [5, 5.41) is 10.7. The highest BCUT2D eigenvalue weighted by Crippen LogP contribution is 2.45. The molecule has 3 N–H and O–H groups in total. The topological polar surface area (TPSA) is 237 Å². The molecule has 0 bridgehead atoms. The number of rotatable bonds is 96. The first-order valence-electron chi connectivity index (χ1n) is 49.7. The average Bonchev–Trinajstić information content (AvgIpc) is 0.896. The largest absolute Gasteiger partial charge is 0.472 e. The van der Waals surface area contributed by atoms with Crippen molar-refractivity contribution in [2.24, 2.45) is 5.92 Å². The Morgan fingerprint density at radius 1 is 0.243 bits per heavy atom. The molecule has 0 fully saturated rings. The summed E-state index contributed by atoms with van der Waals surface area (Å²) in [6.45, 7) is 7.49. The Bertz CT molecular complexity index is 2170. The fourth-order valence-electron chi connectivity index (χ4n) is 15.2. The van der Waals surface area contributed by atoms with E-state index in [0.29, 0.717) is 25.7 Å². The van der Waals surface area contributed by atoms with E-state index in [0.717, 1.165) is 95.8 Å². The van der Waals surface area contributed by atoms with Crippen LogP contribution in [0.1, 0.15) is 529 Å². The van der Waals surface area contributed by atoms with E-state index < -0.39 is 97.5 Å². The van der Waals surface area contributed by atoms with Crippen LogP contribution in [-0.4, -0.2) is 96.7 Å². The van der Waals surface area contributed by atoms with Gasteiger partial charge in [0.1, 0.15) is 19.3 Å². The molecule has 3 unspecified atom stereocenters. The molecule has 0 aliphatic rings. The summed E-state index contributed by atoms with van der Waals surface area (Å²) in [6.07, 6.45) is 86.3. The highest BCUT2D eigenvalue weighted by molar-refractivity contribution is 7.47. The Morgan fingerprint density at radius 3 is 0.617 bits per heavy atom. The van der Waals surface area contributed by atoms with Gasteiger partial charge >= 0.3 is 39.5 Å². The van der Waals surface area contributed by atoms with Gasteiger partial charge in [0, 0.05) is 25.7 Å². The summed E-state index contributed by atoms with van der Waals surface area (Å²) in [5.74, 6) is -1.22. The van der Waals surface area contributed by atoms with Gasteiger partial charge in [-0.3, -0.25) is 37.3 Å². The number of aliphatic hydroxyl groups excluding tert-OH is 1. The van der Waals surface area contributed by atoms with E-state index in [4.69, 9.17) is 37.0 Å². The molecule has 115 heavy (non-hydrogen) atoms. The van der Waals surface area contributed by atoms with Gasteiger partial charge in [-0.25, -0.2) is 9.13 Å². The third kappa shape index (κ3) is 88.2. The van der Waals surface area contributed by atoms with Crippen molar-refractivity contribution in [1.29, 1.82) is 0 Å². The van der Waals surface area contributed by atoms with Gasteiger partial charge < -0.3 is 33.8 Å². The van der Waals surface area contributed by atoms with Crippen LogP contribution in [-0.2, 0) is 65.4 Å². The Morgan fingerprint density at radius 2 is 0.417 bits per heavy atom. The Kier molecular flexibility index (Phi) is 86.9. The fourth-order valence-corrected chi connectivity index (χ4v) is 16.8. The first-order valence-corrected chi connectivity index (χ1v) is 52.7. The van der Waals surface area contributed by atoms with Gasteiger partial charge in [0.05, 0.1) is 26.4 Å². The number of carbonyl (C=O) groups excluding carboxylic acids is 4. The van der Waals surface area contributed by atoms with Crippen LogP contribution in [0.15, 0.2) is 0 Å². The van der Waals surface area contributed by atoms with Crippen molar-refractivity contribution in [3.05, 3.63) is 0 Å². The van der Waals surface area contributed by atoms with E-state index in [1.807, 2.05) is 0 Å². The first kappa shape index (κ1) is 113. The molecule has 0 radical (unpaired) electrons. The Balaban J connectivity index is 5.22. The number of carbonyl (C=O) groups is 4. The number of hydrogen-bond acceptors (Lipinski definition) is 15. The SMILES string of the molecule is CCCCCCCCCCCCCCCCCCCCCCCC(=O)OC[C@H](COP(=O)(O)OC[C@@H](O)COP(=O)(O)OC[C@@H](COC(=O)CCCCCCCCCCCCC)OC(=O)CCCCCCCCCCCCCCCCCCCCCCC)OC(=O)CCCCCCCCCCCCCCCCCCCCC(C)CC. The second-order valence-corrected chi connectivity index (χ2v) is 37.6. The molecule has 0 rings (SSSR count). The third-order valence-corrected chi connectivity index (χ3v) is 25.0. The Labute approximate surface area is 708 Å². The van der Waals surface area contributed by atoms with Gasteiger partial charge in [0.2, 0.25) is 0 Å². The minimum Gasteiger partial charge on any atom is -0.462 e. The maximum absolute atomic E-state index is 13.2. The summed E-state index contributed by atoms with van der Waals surface area (Å²) in [6, 6.07) is 0. The maximum atomic E-state index is 13.2. The van der Waals surface area contributed by atoms with Crippen molar-refractivity contribution in [3.8, 4) is 0 Å². The number of ether oxygens (including phenoxy) is 4. The Hall–Kier alpha value is -1.94. The van der Waals surface area contributed by atoms with Crippen LogP contribution in [0.25, 0.3) is 0 Å². The summed E-state index contributed by atoms with van der Waals surface area (Å²) >= 11 is 0. The molecule has 0 heterocycles. The summed E-state index contributed by atoms with van der Waals surface area (Å²) in [4.78, 5) is 73.6. The van der Waals surface area contributed by atoms with Crippen molar-refractivity contribution < 1.29 is 80.2 Å². The number of hydrogen-bond donors (Lipinski definition) is 3. The monoisotopic (exact) mass is 1680 g/mol. The highest BCUT2D eigenvalue weighted by Gasteiger charge is 2.31. The van der Waals surface area contributed by atoms with Crippen LogP contribution < -0.4 is 0 Å². The lowest BCUT2D eigenvalue weighted by molar-refractivity contribution is -0.161.